The molecule has 0 saturated carbocycles. The van der Waals surface area contributed by atoms with Crippen molar-refractivity contribution < 1.29 is 27.5 Å². The van der Waals surface area contributed by atoms with Gasteiger partial charge in [-0.1, -0.05) is 17.3 Å². The van der Waals surface area contributed by atoms with E-state index in [-0.39, 0.29) is 49.2 Å². The number of nitrogens with one attached hydrogen (secondary N) is 1. The predicted molar refractivity (Wildman–Crippen MR) is 142 cm³/mol. The topological polar surface area (TPSA) is 119 Å². The van der Waals surface area contributed by atoms with Gasteiger partial charge < -0.3 is 19.4 Å². The molecule has 0 saturated heterocycles. The van der Waals surface area contributed by atoms with Crippen molar-refractivity contribution in [2.75, 3.05) is 45.8 Å². The number of thiazole rings is 1. The number of rotatable bonds is 11. The van der Waals surface area contributed by atoms with Gasteiger partial charge in [0.2, 0.25) is 15.9 Å². The first-order chi connectivity index (χ1) is 17.7. The van der Waals surface area contributed by atoms with Crippen LogP contribution in [-0.4, -0.2) is 69.6 Å². The fraction of sp³-hybridized carbons (Fsp3) is 0.320. The van der Waals surface area contributed by atoms with Crippen LogP contribution in [0.3, 0.4) is 0 Å². The Kier molecular flexibility index (Phi) is 9.73. The maximum Gasteiger partial charge on any atom is 0.279 e. The molecule has 196 valence electrons. The number of fused-ring (bicyclic) bond motifs is 1. The molecule has 0 bridgehead atoms. The maximum atomic E-state index is 13.1. The van der Waals surface area contributed by atoms with Gasteiger partial charge in [-0.05, 0) is 42.5 Å². The third-order valence-electron chi connectivity index (χ3n) is 5.28. The summed E-state index contributed by atoms with van der Waals surface area (Å²) in [5, 5.41) is 2.73. The number of terminal acetylenes is 1. The second-order valence-electron chi connectivity index (χ2n) is 7.87. The van der Waals surface area contributed by atoms with Crippen LogP contribution in [0.15, 0.2) is 52.4 Å². The number of sulfonamides is 1. The Labute approximate surface area is 219 Å². The molecule has 1 aromatic heterocycles. The van der Waals surface area contributed by atoms with Gasteiger partial charge in [-0.2, -0.15) is 9.30 Å². The van der Waals surface area contributed by atoms with Gasteiger partial charge in [0.1, 0.15) is 0 Å². The average molecular weight is 545 g/mol. The van der Waals surface area contributed by atoms with E-state index >= 15 is 0 Å². The van der Waals surface area contributed by atoms with Crippen molar-refractivity contribution in [3.63, 3.8) is 0 Å². The largest absolute Gasteiger partial charge is 0.383 e. The molecule has 0 aliphatic heterocycles. The van der Waals surface area contributed by atoms with Crippen molar-refractivity contribution in [1.82, 2.24) is 8.87 Å². The van der Waals surface area contributed by atoms with Crippen LogP contribution < -0.4 is 10.1 Å². The van der Waals surface area contributed by atoms with E-state index in [1.54, 1.807) is 22.8 Å². The maximum absolute atomic E-state index is 13.1. The first kappa shape index (κ1) is 28.2. The molecule has 0 aliphatic rings. The van der Waals surface area contributed by atoms with Crippen LogP contribution >= 0.6 is 11.3 Å². The quantitative estimate of drug-likeness (QED) is 0.370. The van der Waals surface area contributed by atoms with Crippen molar-refractivity contribution in [2.24, 2.45) is 4.99 Å². The van der Waals surface area contributed by atoms with E-state index in [1.165, 1.54) is 61.1 Å². The number of carbonyl (C=O) groups excluding carboxylic acids is 2. The van der Waals surface area contributed by atoms with Gasteiger partial charge in [-0.3, -0.25) is 9.59 Å². The summed E-state index contributed by atoms with van der Waals surface area (Å²) < 4.78 is 40.0. The Morgan fingerprint density at radius 3 is 2.32 bits per heavy atom. The van der Waals surface area contributed by atoms with Crippen molar-refractivity contribution in [3.05, 3.63) is 52.8 Å². The summed E-state index contributed by atoms with van der Waals surface area (Å²) in [5.41, 5.74) is 1.62. The van der Waals surface area contributed by atoms with Crippen LogP contribution in [0.2, 0.25) is 0 Å². The summed E-state index contributed by atoms with van der Waals surface area (Å²) in [6.07, 6.45) is 5.53. The highest BCUT2D eigenvalue weighted by Crippen LogP contribution is 2.22. The van der Waals surface area contributed by atoms with Crippen molar-refractivity contribution in [1.29, 1.82) is 0 Å². The minimum absolute atomic E-state index is 0.0472. The molecule has 1 heterocycles. The molecule has 0 fully saturated rings. The second-order valence-corrected chi connectivity index (χ2v) is 10.8. The van der Waals surface area contributed by atoms with Gasteiger partial charge in [0.25, 0.3) is 5.91 Å². The smallest absolute Gasteiger partial charge is 0.279 e. The molecule has 2 amide bonds. The van der Waals surface area contributed by atoms with Crippen molar-refractivity contribution >= 4 is 49.1 Å². The van der Waals surface area contributed by atoms with Gasteiger partial charge in [-0.25, -0.2) is 8.42 Å². The third-order valence-corrected chi connectivity index (χ3v) is 8.23. The number of ether oxygens (including phenoxy) is 2. The van der Waals surface area contributed by atoms with E-state index in [9.17, 15) is 18.0 Å². The third kappa shape index (κ3) is 6.91. The van der Waals surface area contributed by atoms with Crippen LogP contribution in [0.1, 0.15) is 17.3 Å². The van der Waals surface area contributed by atoms with E-state index in [0.29, 0.717) is 10.5 Å². The lowest BCUT2D eigenvalue weighted by molar-refractivity contribution is -0.114. The van der Waals surface area contributed by atoms with Crippen LogP contribution in [0.4, 0.5) is 5.69 Å². The van der Waals surface area contributed by atoms with Gasteiger partial charge in [-0.15, -0.1) is 6.42 Å². The standard InChI is InChI=1S/C25H28N4O6S2/c1-5-12-29-22-11-8-20(26-18(2)30)17-23(22)36-25(29)27-24(31)19-6-9-21(10-7-19)37(32,33)28(13-15-34-3)14-16-35-4/h1,6-11,17H,12-16H2,2-4H3,(H,26,30). The van der Waals surface area contributed by atoms with Crippen molar-refractivity contribution in [3.8, 4) is 12.3 Å². The summed E-state index contributed by atoms with van der Waals surface area (Å²) >= 11 is 1.26. The Morgan fingerprint density at radius 1 is 1.11 bits per heavy atom. The first-order valence-corrected chi connectivity index (χ1v) is 13.5. The molecule has 1 N–H and O–H groups in total. The van der Waals surface area contributed by atoms with Crippen LogP contribution in [0, 0.1) is 12.3 Å². The zero-order valence-corrected chi connectivity index (χ0v) is 22.4. The summed E-state index contributed by atoms with van der Waals surface area (Å²) in [4.78, 5) is 29.0. The van der Waals surface area contributed by atoms with Crippen molar-refractivity contribution in [2.45, 2.75) is 18.4 Å². The summed E-state index contributed by atoms with van der Waals surface area (Å²) in [6.45, 7) is 2.42. The number of hydrogen-bond acceptors (Lipinski definition) is 7. The van der Waals surface area contributed by atoms with E-state index in [4.69, 9.17) is 15.9 Å². The van der Waals surface area contributed by atoms with Crippen LogP contribution in [0.5, 0.6) is 0 Å². The Bertz CT molecular complexity index is 1480. The monoisotopic (exact) mass is 544 g/mol. The fourth-order valence-electron chi connectivity index (χ4n) is 3.49. The highest BCUT2D eigenvalue weighted by molar-refractivity contribution is 7.89. The number of nitrogens with zero attached hydrogens (tertiary/aromatic N) is 3. The molecule has 0 aliphatic carbocycles. The Hall–Kier alpha value is -3.34. The Morgan fingerprint density at radius 2 is 1.76 bits per heavy atom. The molecule has 3 aromatic rings. The number of anilines is 1. The number of methoxy groups -OCH3 is 2. The van der Waals surface area contributed by atoms with Gasteiger partial charge in [0, 0.05) is 45.5 Å². The molecular formula is C25H28N4O6S2. The molecule has 0 atom stereocenters. The summed E-state index contributed by atoms with van der Waals surface area (Å²) in [6, 6.07) is 11.0. The molecule has 12 heteroatoms. The summed E-state index contributed by atoms with van der Waals surface area (Å²) in [7, 11) is -0.820. The van der Waals surface area contributed by atoms with E-state index in [1.807, 2.05) is 0 Å². The van der Waals surface area contributed by atoms with Crippen LogP contribution in [-0.2, 0) is 30.8 Å². The molecule has 0 spiro atoms. The lowest BCUT2D eigenvalue weighted by Gasteiger charge is -2.21. The Balaban J connectivity index is 1.93. The minimum atomic E-state index is -3.81. The fourth-order valence-corrected chi connectivity index (χ4v) is 5.97. The number of amides is 2. The average Bonchev–Trinajstić information content (AvgIpc) is 3.19. The van der Waals surface area contributed by atoms with Gasteiger partial charge in [0.15, 0.2) is 4.80 Å². The SMILES string of the molecule is C#CCn1c(=NC(=O)c2ccc(S(=O)(=O)N(CCOC)CCOC)cc2)sc2cc(NC(C)=O)ccc21. The molecule has 3 rings (SSSR count). The zero-order valence-electron chi connectivity index (χ0n) is 20.8. The first-order valence-electron chi connectivity index (χ1n) is 11.2. The lowest BCUT2D eigenvalue weighted by Crippen LogP contribution is -2.36. The lowest BCUT2D eigenvalue weighted by atomic mass is 10.2. The second kappa shape index (κ2) is 12.8. The number of hydrogen-bond donors (Lipinski definition) is 1. The highest BCUT2D eigenvalue weighted by atomic mass is 32.2. The minimum Gasteiger partial charge on any atom is -0.383 e. The molecule has 37 heavy (non-hydrogen) atoms. The zero-order chi connectivity index (χ0) is 27.0. The number of carbonyl (C=O) groups is 2. The molecule has 10 nitrogen and oxygen atoms in total. The van der Waals surface area contributed by atoms with E-state index < -0.39 is 15.9 Å². The molecule has 0 unspecified atom stereocenters. The molecule has 0 radical (unpaired) electrons. The molecule has 2 aromatic carbocycles. The highest BCUT2D eigenvalue weighted by Gasteiger charge is 2.24. The number of benzene rings is 2. The predicted octanol–water partition coefficient (Wildman–Crippen LogP) is 2.32. The van der Waals surface area contributed by atoms with E-state index in [0.717, 1.165) is 10.2 Å². The van der Waals surface area contributed by atoms with Gasteiger partial charge in [0.05, 0.1) is 34.9 Å². The molecular weight excluding hydrogens is 516 g/mol. The van der Waals surface area contributed by atoms with Gasteiger partial charge >= 0.3 is 0 Å². The van der Waals surface area contributed by atoms with Crippen LogP contribution in [0.25, 0.3) is 10.2 Å². The van der Waals surface area contributed by atoms with E-state index in [2.05, 4.69) is 16.2 Å². The number of aromatic nitrogens is 1. The normalized spacial score (nSPS) is 12.1. The summed E-state index contributed by atoms with van der Waals surface area (Å²) in [5.74, 6) is 1.83.